The van der Waals surface area contributed by atoms with Gasteiger partial charge in [0.05, 0.1) is 12.3 Å². The predicted octanol–water partition coefficient (Wildman–Crippen LogP) is 1.45. The van der Waals surface area contributed by atoms with Crippen LogP contribution in [0.5, 0.6) is 5.75 Å². The highest BCUT2D eigenvalue weighted by molar-refractivity contribution is 6.45. The number of benzene rings is 1. The molecule has 0 aliphatic carbocycles. The molecular weight excluding hydrogens is 237 g/mol. The van der Waals surface area contributed by atoms with Crippen LogP contribution in [0.3, 0.4) is 0 Å². The van der Waals surface area contributed by atoms with E-state index in [4.69, 9.17) is 21.1 Å². The third-order valence-corrected chi connectivity index (χ3v) is 1.89. The molecule has 4 N–H and O–H groups in total. The third kappa shape index (κ3) is 3.45. The number of nitrogens with one attached hydrogen (secondary N) is 2. The number of hydrogen-bond acceptors (Lipinski definition) is 5. The first kappa shape index (κ1) is 13.4. The molecule has 1 aromatic carbocycles. The molecule has 0 bridgehead atoms. The van der Waals surface area contributed by atoms with Gasteiger partial charge in [0.2, 0.25) is 5.71 Å². The zero-order chi connectivity index (χ0) is 13.5. The normalized spacial score (nSPS) is 10.6. The van der Waals surface area contributed by atoms with E-state index in [9.17, 15) is 4.39 Å². The first-order valence-corrected chi connectivity index (χ1v) is 5.09. The number of rotatable bonds is 5. The van der Waals surface area contributed by atoms with Crippen LogP contribution >= 0.6 is 0 Å². The first-order chi connectivity index (χ1) is 8.58. The van der Waals surface area contributed by atoms with E-state index in [1.54, 1.807) is 13.0 Å². The Morgan fingerprint density at radius 2 is 2.39 bits per heavy atom. The number of nitrogens with two attached hydrogens (primary N) is 1. The molecule has 0 amide bonds. The van der Waals surface area contributed by atoms with Crippen molar-refractivity contribution in [2.24, 2.45) is 10.8 Å². The highest BCUT2D eigenvalue weighted by atomic mass is 19.1. The van der Waals surface area contributed by atoms with E-state index in [2.05, 4.69) is 10.5 Å². The summed E-state index contributed by atoms with van der Waals surface area (Å²) in [6.07, 6.45) is 0. The van der Waals surface area contributed by atoms with Crippen LogP contribution in [-0.2, 0) is 0 Å². The van der Waals surface area contributed by atoms with E-state index in [0.717, 1.165) is 0 Å². The van der Waals surface area contributed by atoms with Crippen molar-refractivity contribution in [2.75, 3.05) is 12.0 Å². The Balaban J connectivity index is 2.97. The van der Waals surface area contributed by atoms with Crippen molar-refractivity contribution in [1.29, 1.82) is 10.7 Å². The summed E-state index contributed by atoms with van der Waals surface area (Å²) < 4.78 is 18.2. The van der Waals surface area contributed by atoms with Gasteiger partial charge in [0, 0.05) is 6.07 Å². The smallest absolute Gasteiger partial charge is 0.201 e. The molecule has 0 aliphatic heterocycles. The molecule has 0 aromatic heterocycles. The summed E-state index contributed by atoms with van der Waals surface area (Å²) in [6, 6.07) is 5.49. The molecule has 0 saturated heterocycles. The van der Waals surface area contributed by atoms with Gasteiger partial charge in [-0.2, -0.15) is 10.4 Å². The topological polar surface area (TPSA) is 107 Å². The molecule has 6 nitrogen and oxygen atoms in total. The van der Waals surface area contributed by atoms with Gasteiger partial charge in [0.15, 0.2) is 5.84 Å². The maximum Gasteiger partial charge on any atom is 0.201 e. The van der Waals surface area contributed by atoms with Gasteiger partial charge in [0.1, 0.15) is 17.6 Å². The van der Waals surface area contributed by atoms with Crippen molar-refractivity contribution in [3.05, 3.63) is 24.0 Å². The monoisotopic (exact) mass is 249 g/mol. The van der Waals surface area contributed by atoms with E-state index >= 15 is 0 Å². The van der Waals surface area contributed by atoms with Gasteiger partial charge in [0.25, 0.3) is 0 Å². The zero-order valence-electron chi connectivity index (χ0n) is 9.70. The summed E-state index contributed by atoms with van der Waals surface area (Å²) in [5.74, 6) is -0.632. The molecule has 0 heterocycles. The van der Waals surface area contributed by atoms with Crippen LogP contribution in [0.25, 0.3) is 0 Å². The van der Waals surface area contributed by atoms with E-state index in [1.165, 1.54) is 18.2 Å². The van der Waals surface area contributed by atoms with E-state index < -0.39 is 11.7 Å². The second-order valence-electron chi connectivity index (χ2n) is 3.17. The quantitative estimate of drug-likeness (QED) is 0.417. The lowest BCUT2D eigenvalue weighted by Crippen LogP contribution is -2.21. The zero-order valence-corrected chi connectivity index (χ0v) is 9.70. The summed E-state index contributed by atoms with van der Waals surface area (Å²) in [5, 5.41) is 19.4. The second kappa shape index (κ2) is 6.20. The van der Waals surface area contributed by atoms with E-state index in [0.29, 0.717) is 12.3 Å². The van der Waals surface area contributed by atoms with E-state index in [1.807, 2.05) is 0 Å². The Morgan fingerprint density at radius 1 is 1.67 bits per heavy atom. The van der Waals surface area contributed by atoms with Crippen molar-refractivity contribution in [2.45, 2.75) is 6.92 Å². The summed E-state index contributed by atoms with van der Waals surface area (Å²) in [4.78, 5) is 0. The van der Waals surface area contributed by atoms with Gasteiger partial charge >= 0.3 is 0 Å². The number of anilines is 1. The summed E-state index contributed by atoms with van der Waals surface area (Å²) >= 11 is 0. The van der Waals surface area contributed by atoms with Crippen LogP contribution in [-0.4, -0.2) is 18.2 Å². The number of amidine groups is 1. The Labute approximate surface area is 103 Å². The minimum Gasteiger partial charge on any atom is -0.492 e. The van der Waals surface area contributed by atoms with Crippen molar-refractivity contribution >= 4 is 17.2 Å². The van der Waals surface area contributed by atoms with Crippen LogP contribution in [0, 0.1) is 22.6 Å². The second-order valence-corrected chi connectivity index (χ2v) is 3.17. The SMILES string of the molecule is CCOc1cc(F)ccc1N/N=C(\C#N)C(=N)N. The summed E-state index contributed by atoms with van der Waals surface area (Å²) in [7, 11) is 0. The Morgan fingerprint density at radius 3 is 2.94 bits per heavy atom. The maximum absolute atomic E-state index is 13.0. The third-order valence-electron chi connectivity index (χ3n) is 1.89. The average molecular weight is 249 g/mol. The Kier molecular flexibility index (Phi) is 4.63. The van der Waals surface area contributed by atoms with Crippen LogP contribution < -0.4 is 15.9 Å². The molecule has 1 rings (SSSR count). The van der Waals surface area contributed by atoms with Gasteiger partial charge < -0.3 is 10.5 Å². The number of halogens is 1. The number of hydrazone groups is 1. The van der Waals surface area contributed by atoms with Crippen LogP contribution in [0.15, 0.2) is 23.3 Å². The van der Waals surface area contributed by atoms with Crippen molar-refractivity contribution < 1.29 is 9.13 Å². The predicted molar refractivity (Wildman–Crippen MR) is 66.2 cm³/mol. The van der Waals surface area contributed by atoms with Crippen LogP contribution in [0.1, 0.15) is 6.92 Å². The van der Waals surface area contributed by atoms with Gasteiger partial charge in [-0.05, 0) is 19.1 Å². The number of nitrogens with zero attached hydrogens (tertiary/aromatic N) is 2. The standard InChI is InChI=1S/C11H12FN5O/c1-2-18-10-5-7(12)3-4-8(10)16-17-9(6-13)11(14)15/h3-5,16H,2H2,1H3,(H3,14,15)/b17-9+. The van der Waals surface area contributed by atoms with Crippen LogP contribution in [0.4, 0.5) is 10.1 Å². The lowest BCUT2D eigenvalue weighted by Gasteiger charge is -2.09. The molecule has 0 aliphatic rings. The molecule has 18 heavy (non-hydrogen) atoms. The first-order valence-electron chi connectivity index (χ1n) is 5.09. The highest BCUT2D eigenvalue weighted by Gasteiger charge is 2.06. The van der Waals surface area contributed by atoms with Crippen LogP contribution in [0.2, 0.25) is 0 Å². The van der Waals surface area contributed by atoms with E-state index in [-0.39, 0.29) is 11.5 Å². The molecule has 0 saturated carbocycles. The number of ether oxygens (including phenoxy) is 1. The average Bonchev–Trinajstić information content (AvgIpc) is 2.32. The summed E-state index contributed by atoms with van der Waals surface area (Å²) in [5.41, 5.74) is 7.76. The molecule has 0 fully saturated rings. The molecule has 0 radical (unpaired) electrons. The highest BCUT2D eigenvalue weighted by Crippen LogP contribution is 2.25. The lowest BCUT2D eigenvalue weighted by atomic mass is 10.3. The van der Waals surface area contributed by atoms with Gasteiger partial charge in [-0.3, -0.25) is 10.8 Å². The maximum atomic E-state index is 13.0. The fourth-order valence-corrected chi connectivity index (χ4v) is 1.13. The minimum absolute atomic E-state index is 0.262. The van der Waals surface area contributed by atoms with Gasteiger partial charge in [-0.25, -0.2) is 4.39 Å². The molecule has 0 spiro atoms. The number of nitriles is 1. The van der Waals surface area contributed by atoms with Crippen molar-refractivity contribution in [1.82, 2.24) is 0 Å². The van der Waals surface area contributed by atoms with Gasteiger partial charge in [-0.15, -0.1) is 0 Å². The molecule has 1 aromatic rings. The largest absolute Gasteiger partial charge is 0.492 e. The minimum atomic E-state index is -0.454. The molecule has 7 heteroatoms. The fourth-order valence-electron chi connectivity index (χ4n) is 1.13. The molecule has 0 unspecified atom stereocenters. The molecule has 0 atom stereocenters. The van der Waals surface area contributed by atoms with Crippen molar-refractivity contribution in [3.63, 3.8) is 0 Å². The molecular formula is C11H12FN5O. The lowest BCUT2D eigenvalue weighted by molar-refractivity contribution is 0.340. The number of hydrogen-bond donors (Lipinski definition) is 3. The van der Waals surface area contributed by atoms with Gasteiger partial charge in [-0.1, -0.05) is 0 Å². The van der Waals surface area contributed by atoms with Crippen molar-refractivity contribution in [3.8, 4) is 11.8 Å². The Bertz CT molecular complexity index is 521. The molecule has 94 valence electrons. The summed E-state index contributed by atoms with van der Waals surface area (Å²) in [6.45, 7) is 2.12. The fraction of sp³-hybridized carbons (Fsp3) is 0.182. The Hall–Kier alpha value is -2.62.